The van der Waals surface area contributed by atoms with Gasteiger partial charge in [0.25, 0.3) is 5.91 Å². The molecule has 0 radical (unpaired) electrons. The number of aromatic nitrogens is 1. The minimum absolute atomic E-state index is 0.123. The number of likely N-dealkylation sites (tertiary alicyclic amines) is 2. The number of hydrogen-bond acceptors (Lipinski definition) is 4. The molecule has 4 heterocycles. The molecule has 8 heteroatoms. The van der Waals surface area contributed by atoms with Crippen molar-refractivity contribution in [1.82, 2.24) is 18.7 Å². The van der Waals surface area contributed by atoms with E-state index in [-0.39, 0.29) is 10.8 Å². The van der Waals surface area contributed by atoms with E-state index in [1.807, 2.05) is 30.4 Å². The third kappa shape index (κ3) is 4.31. The van der Waals surface area contributed by atoms with E-state index in [9.17, 15) is 13.2 Å². The molecular formula is C23H38N4O3S. The van der Waals surface area contributed by atoms with E-state index in [0.29, 0.717) is 43.5 Å². The average molecular weight is 451 g/mol. The first-order valence-corrected chi connectivity index (χ1v) is 13.5. The van der Waals surface area contributed by atoms with E-state index >= 15 is 0 Å². The number of nitrogens with zero attached hydrogens (tertiary/aromatic N) is 4. The number of hydrogen-bond donors (Lipinski definition) is 0. The van der Waals surface area contributed by atoms with Crippen molar-refractivity contribution >= 4 is 15.9 Å². The van der Waals surface area contributed by atoms with Crippen molar-refractivity contribution in [3.05, 3.63) is 17.0 Å². The molecule has 1 aromatic rings. The van der Waals surface area contributed by atoms with Gasteiger partial charge in [-0.2, -0.15) is 4.31 Å². The minimum atomic E-state index is -3.72. The lowest BCUT2D eigenvalue weighted by atomic mass is 10.0. The van der Waals surface area contributed by atoms with Crippen molar-refractivity contribution in [2.24, 2.45) is 7.05 Å². The highest BCUT2D eigenvalue weighted by Crippen LogP contribution is 2.33. The number of sulfonamides is 1. The van der Waals surface area contributed by atoms with Crippen LogP contribution in [0.25, 0.3) is 0 Å². The van der Waals surface area contributed by atoms with E-state index < -0.39 is 10.0 Å². The van der Waals surface area contributed by atoms with Gasteiger partial charge in [0.05, 0.1) is 5.56 Å². The average Bonchev–Trinajstić information content (AvgIpc) is 3.04. The first kappa shape index (κ1) is 22.8. The summed E-state index contributed by atoms with van der Waals surface area (Å²) in [7, 11) is -1.86. The molecule has 174 valence electrons. The van der Waals surface area contributed by atoms with Crippen LogP contribution in [0, 0.1) is 13.8 Å². The summed E-state index contributed by atoms with van der Waals surface area (Å²) in [6, 6.07) is 0.486. The molecule has 3 aliphatic heterocycles. The van der Waals surface area contributed by atoms with Gasteiger partial charge in [-0.3, -0.25) is 4.79 Å². The molecule has 0 bridgehead atoms. The maximum absolute atomic E-state index is 13.8. The number of piperidine rings is 3. The second-order valence-corrected chi connectivity index (χ2v) is 11.4. The molecule has 3 aliphatic rings. The Morgan fingerprint density at radius 3 is 1.94 bits per heavy atom. The fourth-order valence-corrected chi connectivity index (χ4v) is 7.55. The second-order valence-electron chi connectivity index (χ2n) is 9.52. The molecular weight excluding hydrogens is 412 g/mol. The smallest absolute Gasteiger partial charge is 0.257 e. The van der Waals surface area contributed by atoms with Gasteiger partial charge in [0.1, 0.15) is 4.90 Å². The summed E-state index contributed by atoms with van der Waals surface area (Å²) in [4.78, 5) is 18.0. The molecule has 3 fully saturated rings. The van der Waals surface area contributed by atoms with E-state index in [2.05, 4.69) is 4.90 Å². The Kier molecular flexibility index (Phi) is 6.79. The van der Waals surface area contributed by atoms with Gasteiger partial charge in [-0.25, -0.2) is 8.42 Å². The molecule has 7 nitrogen and oxygen atoms in total. The van der Waals surface area contributed by atoms with Gasteiger partial charge in [-0.05, 0) is 71.9 Å². The Labute approximate surface area is 187 Å². The molecule has 1 amide bonds. The van der Waals surface area contributed by atoms with Gasteiger partial charge in [0, 0.05) is 50.7 Å². The highest BCUT2D eigenvalue weighted by atomic mass is 32.2. The van der Waals surface area contributed by atoms with E-state index in [0.717, 1.165) is 50.9 Å². The highest BCUT2D eigenvalue weighted by Gasteiger charge is 2.38. The molecule has 0 saturated carbocycles. The van der Waals surface area contributed by atoms with Crippen LogP contribution in [0.5, 0.6) is 0 Å². The Morgan fingerprint density at radius 1 is 0.806 bits per heavy atom. The third-order valence-electron chi connectivity index (χ3n) is 7.71. The fourth-order valence-electron chi connectivity index (χ4n) is 5.60. The molecule has 31 heavy (non-hydrogen) atoms. The molecule has 0 aromatic carbocycles. The number of carbonyl (C=O) groups excluding carboxylic acids is 1. The van der Waals surface area contributed by atoms with Crippen molar-refractivity contribution < 1.29 is 13.2 Å². The predicted molar refractivity (Wildman–Crippen MR) is 122 cm³/mol. The van der Waals surface area contributed by atoms with Gasteiger partial charge < -0.3 is 14.4 Å². The molecule has 3 saturated heterocycles. The third-order valence-corrected chi connectivity index (χ3v) is 9.77. The molecule has 0 aliphatic carbocycles. The standard InChI is InChI=1S/C23H38N4O3S/c1-18-21(23(28)26-14-8-5-9-15-26)22(19(2)24(18)3)31(29,30)27-16-10-20(11-17-27)25-12-6-4-7-13-25/h20H,4-17H2,1-3H3. The lowest BCUT2D eigenvalue weighted by molar-refractivity contribution is 0.0719. The van der Waals surface area contributed by atoms with Crippen molar-refractivity contribution in [2.45, 2.75) is 76.2 Å². The molecule has 4 rings (SSSR count). The summed E-state index contributed by atoms with van der Waals surface area (Å²) in [5.74, 6) is -0.123. The van der Waals surface area contributed by atoms with E-state index in [1.54, 1.807) is 4.31 Å². The van der Waals surface area contributed by atoms with Crippen LogP contribution in [0.1, 0.15) is 73.1 Å². The van der Waals surface area contributed by atoms with E-state index in [1.165, 1.54) is 19.3 Å². The minimum Gasteiger partial charge on any atom is -0.350 e. The van der Waals surface area contributed by atoms with Crippen LogP contribution in [0.2, 0.25) is 0 Å². The summed E-state index contributed by atoms with van der Waals surface area (Å²) in [5, 5.41) is 0. The fraction of sp³-hybridized carbons (Fsp3) is 0.783. The Bertz CT molecular complexity index is 904. The zero-order valence-corrected chi connectivity index (χ0v) is 20.2. The summed E-state index contributed by atoms with van der Waals surface area (Å²) in [5.41, 5.74) is 1.80. The first-order valence-electron chi connectivity index (χ1n) is 12.0. The van der Waals surface area contributed by atoms with Crippen LogP contribution < -0.4 is 0 Å². The topological polar surface area (TPSA) is 65.9 Å². The molecule has 0 N–H and O–H groups in total. The van der Waals surface area contributed by atoms with Gasteiger partial charge >= 0.3 is 0 Å². The van der Waals surface area contributed by atoms with E-state index in [4.69, 9.17) is 0 Å². The number of rotatable bonds is 4. The zero-order valence-electron chi connectivity index (χ0n) is 19.4. The normalized spacial score (nSPS) is 22.7. The van der Waals surface area contributed by atoms with Gasteiger partial charge in [0.2, 0.25) is 10.0 Å². The van der Waals surface area contributed by atoms with Crippen molar-refractivity contribution in [3.8, 4) is 0 Å². The van der Waals surface area contributed by atoms with Crippen LogP contribution in [0.3, 0.4) is 0 Å². The van der Waals surface area contributed by atoms with Gasteiger partial charge in [-0.1, -0.05) is 6.42 Å². The van der Waals surface area contributed by atoms with Crippen molar-refractivity contribution in [1.29, 1.82) is 0 Å². The maximum Gasteiger partial charge on any atom is 0.257 e. The Balaban J connectivity index is 1.58. The summed E-state index contributed by atoms with van der Waals surface area (Å²) >= 11 is 0. The lowest BCUT2D eigenvalue weighted by Crippen LogP contribution is -2.48. The summed E-state index contributed by atoms with van der Waals surface area (Å²) in [6.45, 7) is 8.48. The molecule has 0 unspecified atom stereocenters. The SMILES string of the molecule is Cc1c(C(=O)N2CCCCC2)c(S(=O)(=O)N2CCC(N3CCCCC3)CC2)c(C)n1C. The maximum atomic E-state index is 13.8. The summed E-state index contributed by atoms with van der Waals surface area (Å²) < 4.78 is 31.1. The van der Waals surface area contributed by atoms with Crippen LogP contribution in [0.15, 0.2) is 4.90 Å². The van der Waals surface area contributed by atoms with Gasteiger partial charge in [0.15, 0.2) is 0 Å². The highest BCUT2D eigenvalue weighted by molar-refractivity contribution is 7.89. The monoisotopic (exact) mass is 450 g/mol. The quantitative estimate of drug-likeness (QED) is 0.708. The lowest BCUT2D eigenvalue weighted by Gasteiger charge is -2.39. The second kappa shape index (κ2) is 9.24. The Morgan fingerprint density at radius 2 is 1.35 bits per heavy atom. The molecule has 0 spiro atoms. The van der Waals surface area contributed by atoms with Crippen LogP contribution in [0.4, 0.5) is 0 Å². The number of amides is 1. The predicted octanol–water partition coefficient (Wildman–Crippen LogP) is 2.91. The number of carbonyl (C=O) groups is 1. The first-order chi connectivity index (χ1) is 14.8. The van der Waals surface area contributed by atoms with Crippen molar-refractivity contribution in [3.63, 3.8) is 0 Å². The van der Waals surface area contributed by atoms with Gasteiger partial charge in [-0.15, -0.1) is 0 Å². The zero-order chi connectivity index (χ0) is 22.2. The Hall–Kier alpha value is -1.38. The van der Waals surface area contributed by atoms with Crippen LogP contribution in [-0.4, -0.2) is 78.3 Å². The largest absolute Gasteiger partial charge is 0.350 e. The van der Waals surface area contributed by atoms with Crippen LogP contribution >= 0.6 is 0 Å². The van der Waals surface area contributed by atoms with Crippen molar-refractivity contribution in [2.75, 3.05) is 39.3 Å². The summed E-state index contributed by atoms with van der Waals surface area (Å²) in [6.07, 6.45) is 8.67. The van der Waals surface area contributed by atoms with Crippen LogP contribution in [-0.2, 0) is 17.1 Å². The molecule has 1 aromatic heterocycles. The molecule has 0 atom stereocenters.